The number of carbonyl (C=O) groups is 1. The van der Waals surface area contributed by atoms with Crippen LogP contribution in [0.3, 0.4) is 0 Å². The second-order valence-corrected chi connectivity index (χ2v) is 7.04. The predicted octanol–water partition coefficient (Wildman–Crippen LogP) is 3.04. The molecule has 6 nitrogen and oxygen atoms in total. The molecule has 148 valence electrons. The van der Waals surface area contributed by atoms with Crippen LogP contribution in [-0.4, -0.2) is 54.3 Å². The lowest BCUT2D eigenvalue weighted by Crippen LogP contribution is -2.49. The Balaban J connectivity index is 1.31. The summed E-state index contributed by atoms with van der Waals surface area (Å²) in [7, 11) is 1.57. The molecule has 2 heterocycles. The molecule has 2 aromatic carbocycles. The van der Waals surface area contributed by atoms with E-state index in [9.17, 15) is 4.79 Å². The fourth-order valence-electron chi connectivity index (χ4n) is 3.51. The summed E-state index contributed by atoms with van der Waals surface area (Å²) < 4.78 is 5.05. The predicted molar refractivity (Wildman–Crippen MR) is 113 cm³/mol. The summed E-state index contributed by atoms with van der Waals surface area (Å²) in [6, 6.07) is 22.2. The third-order valence-corrected chi connectivity index (χ3v) is 5.21. The Morgan fingerprint density at radius 1 is 0.862 bits per heavy atom. The highest BCUT2D eigenvalue weighted by Gasteiger charge is 2.22. The van der Waals surface area contributed by atoms with Crippen LogP contribution in [0.2, 0.25) is 0 Å². The molecule has 1 saturated heterocycles. The van der Waals surface area contributed by atoms with Crippen LogP contribution in [0.15, 0.2) is 66.7 Å². The minimum Gasteiger partial charge on any atom is -0.480 e. The molecule has 1 aliphatic rings. The van der Waals surface area contributed by atoms with E-state index in [-0.39, 0.29) is 5.91 Å². The summed E-state index contributed by atoms with van der Waals surface area (Å²) in [6.45, 7) is 2.88. The Bertz CT molecular complexity index is 935. The highest BCUT2D eigenvalue weighted by atomic mass is 16.5. The van der Waals surface area contributed by atoms with Gasteiger partial charge in [0.05, 0.1) is 13.5 Å². The number of rotatable bonds is 5. The maximum Gasteiger partial charge on any atom is 0.233 e. The molecule has 1 aliphatic heterocycles. The molecule has 0 spiro atoms. The number of anilines is 1. The van der Waals surface area contributed by atoms with E-state index in [0.717, 1.165) is 30.0 Å². The van der Waals surface area contributed by atoms with Gasteiger partial charge in [-0.15, -0.1) is 10.2 Å². The number of hydrogen-bond acceptors (Lipinski definition) is 5. The van der Waals surface area contributed by atoms with Gasteiger partial charge in [-0.2, -0.15) is 0 Å². The first-order valence-corrected chi connectivity index (χ1v) is 9.78. The van der Waals surface area contributed by atoms with E-state index in [1.54, 1.807) is 13.2 Å². The van der Waals surface area contributed by atoms with Crippen molar-refractivity contribution in [3.05, 3.63) is 72.3 Å². The highest BCUT2D eigenvalue weighted by molar-refractivity contribution is 5.79. The number of carbonyl (C=O) groups excluding carboxylic acids is 1. The first-order valence-electron chi connectivity index (χ1n) is 9.78. The second kappa shape index (κ2) is 8.73. The van der Waals surface area contributed by atoms with Crippen molar-refractivity contribution in [3.63, 3.8) is 0 Å². The third kappa shape index (κ3) is 4.54. The molecule has 0 aliphatic carbocycles. The van der Waals surface area contributed by atoms with Gasteiger partial charge in [0.2, 0.25) is 11.8 Å². The first-order chi connectivity index (χ1) is 14.2. The highest BCUT2D eigenvalue weighted by Crippen LogP contribution is 2.20. The van der Waals surface area contributed by atoms with Gasteiger partial charge in [-0.25, -0.2) is 0 Å². The number of methoxy groups -OCH3 is 1. The summed E-state index contributed by atoms with van der Waals surface area (Å²) in [6.07, 6.45) is 0.428. The van der Waals surface area contributed by atoms with Crippen molar-refractivity contribution in [2.24, 2.45) is 0 Å². The SMILES string of the molecule is COc1ccc(N2CCN(C(=O)Cc3ccc(-c4ccccc4)cc3)CC2)nn1. The van der Waals surface area contributed by atoms with Crippen LogP contribution in [0.25, 0.3) is 11.1 Å². The lowest BCUT2D eigenvalue weighted by atomic mass is 10.0. The summed E-state index contributed by atoms with van der Waals surface area (Å²) >= 11 is 0. The van der Waals surface area contributed by atoms with E-state index < -0.39 is 0 Å². The van der Waals surface area contributed by atoms with Gasteiger partial charge in [0.15, 0.2) is 5.82 Å². The van der Waals surface area contributed by atoms with Crippen LogP contribution in [0.1, 0.15) is 5.56 Å². The minimum absolute atomic E-state index is 0.165. The topological polar surface area (TPSA) is 58.6 Å². The minimum atomic E-state index is 0.165. The number of benzene rings is 2. The third-order valence-electron chi connectivity index (χ3n) is 5.21. The number of amides is 1. The quantitative estimate of drug-likeness (QED) is 0.672. The number of ether oxygens (including phenoxy) is 1. The zero-order valence-corrected chi connectivity index (χ0v) is 16.5. The Labute approximate surface area is 170 Å². The number of nitrogens with zero attached hydrogens (tertiary/aromatic N) is 4. The molecule has 1 amide bonds. The fourth-order valence-corrected chi connectivity index (χ4v) is 3.51. The largest absolute Gasteiger partial charge is 0.480 e. The smallest absolute Gasteiger partial charge is 0.233 e. The zero-order chi connectivity index (χ0) is 20.1. The van der Waals surface area contributed by atoms with Gasteiger partial charge in [-0.05, 0) is 22.8 Å². The standard InChI is InChI=1S/C23H24N4O2/c1-29-22-12-11-21(24-25-22)26-13-15-27(16-14-26)23(28)17-18-7-9-20(10-8-18)19-5-3-2-4-6-19/h2-12H,13-17H2,1H3. The van der Waals surface area contributed by atoms with Gasteiger partial charge in [0.25, 0.3) is 0 Å². The van der Waals surface area contributed by atoms with Gasteiger partial charge in [-0.1, -0.05) is 54.6 Å². The van der Waals surface area contributed by atoms with Gasteiger partial charge < -0.3 is 14.5 Å². The van der Waals surface area contributed by atoms with Gasteiger partial charge in [-0.3, -0.25) is 4.79 Å². The second-order valence-electron chi connectivity index (χ2n) is 7.04. The van der Waals surface area contributed by atoms with Crippen LogP contribution in [-0.2, 0) is 11.2 Å². The summed E-state index contributed by atoms with van der Waals surface area (Å²) in [5, 5.41) is 8.21. The number of aromatic nitrogens is 2. The van der Waals surface area contributed by atoms with Crippen molar-refractivity contribution in [1.82, 2.24) is 15.1 Å². The van der Waals surface area contributed by atoms with Crippen molar-refractivity contribution in [1.29, 1.82) is 0 Å². The van der Waals surface area contributed by atoms with Crippen molar-refractivity contribution >= 4 is 11.7 Å². The van der Waals surface area contributed by atoms with Gasteiger partial charge in [0.1, 0.15) is 0 Å². The fraction of sp³-hybridized carbons (Fsp3) is 0.261. The number of piperazine rings is 1. The van der Waals surface area contributed by atoms with E-state index in [1.165, 1.54) is 5.56 Å². The number of hydrogen-bond donors (Lipinski definition) is 0. The molecular weight excluding hydrogens is 364 g/mol. The summed E-state index contributed by atoms with van der Waals surface area (Å²) in [5.41, 5.74) is 3.39. The molecular formula is C23H24N4O2. The van der Waals surface area contributed by atoms with Gasteiger partial charge >= 0.3 is 0 Å². The molecule has 0 atom stereocenters. The molecule has 6 heteroatoms. The lowest BCUT2D eigenvalue weighted by Gasteiger charge is -2.35. The van der Waals surface area contributed by atoms with E-state index in [2.05, 4.69) is 39.4 Å². The van der Waals surface area contributed by atoms with Crippen LogP contribution < -0.4 is 9.64 Å². The van der Waals surface area contributed by atoms with E-state index in [0.29, 0.717) is 25.4 Å². The molecule has 29 heavy (non-hydrogen) atoms. The molecule has 0 radical (unpaired) electrons. The van der Waals surface area contributed by atoms with Crippen LogP contribution in [0, 0.1) is 0 Å². The maximum atomic E-state index is 12.7. The van der Waals surface area contributed by atoms with E-state index in [4.69, 9.17) is 4.74 Å². The first kappa shape index (κ1) is 18.9. The molecule has 1 fully saturated rings. The molecule has 1 aromatic heterocycles. The molecule has 0 N–H and O–H groups in total. The zero-order valence-electron chi connectivity index (χ0n) is 16.5. The summed E-state index contributed by atoms with van der Waals surface area (Å²) in [4.78, 5) is 16.8. The van der Waals surface area contributed by atoms with Crippen molar-refractivity contribution < 1.29 is 9.53 Å². The van der Waals surface area contributed by atoms with Crippen LogP contribution in [0.5, 0.6) is 5.88 Å². The van der Waals surface area contributed by atoms with Gasteiger partial charge in [0, 0.05) is 32.2 Å². The van der Waals surface area contributed by atoms with Crippen molar-refractivity contribution in [2.75, 3.05) is 38.2 Å². The Kier molecular flexibility index (Phi) is 5.70. The Hall–Kier alpha value is -3.41. The Morgan fingerprint density at radius 2 is 1.55 bits per heavy atom. The lowest BCUT2D eigenvalue weighted by molar-refractivity contribution is -0.130. The van der Waals surface area contributed by atoms with Crippen molar-refractivity contribution in [2.45, 2.75) is 6.42 Å². The molecule has 3 aromatic rings. The molecule has 0 unspecified atom stereocenters. The van der Waals surface area contributed by atoms with Crippen LogP contribution in [0.4, 0.5) is 5.82 Å². The average Bonchev–Trinajstić information content (AvgIpc) is 2.80. The molecule has 0 saturated carbocycles. The average molecular weight is 388 g/mol. The Morgan fingerprint density at radius 3 is 2.17 bits per heavy atom. The van der Waals surface area contributed by atoms with Crippen LogP contribution >= 0.6 is 0 Å². The van der Waals surface area contributed by atoms with E-state index in [1.807, 2.05) is 41.3 Å². The summed E-state index contributed by atoms with van der Waals surface area (Å²) in [5.74, 6) is 1.48. The maximum absolute atomic E-state index is 12.7. The monoisotopic (exact) mass is 388 g/mol. The molecule has 0 bridgehead atoms. The van der Waals surface area contributed by atoms with E-state index >= 15 is 0 Å². The van der Waals surface area contributed by atoms with Crippen molar-refractivity contribution in [3.8, 4) is 17.0 Å². The molecule has 4 rings (SSSR count). The normalized spacial score (nSPS) is 14.0.